The van der Waals surface area contributed by atoms with Crippen LogP contribution in [0.3, 0.4) is 0 Å². The molecule has 0 amide bonds. The number of hydrogen-bond acceptors (Lipinski definition) is 3. The van der Waals surface area contributed by atoms with Gasteiger partial charge in [-0.25, -0.2) is 0 Å². The Morgan fingerprint density at radius 1 is 1.71 bits per heavy atom. The summed E-state index contributed by atoms with van der Waals surface area (Å²) in [5, 5.41) is 11.0. The van der Waals surface area contributed by atoms with E-state index >= 15 is 0 Å². The Hall–Kier alpha value is -0.390. The zero-order valence-electron chi connectivity index (χ0n) is 7.37. The normalized spacial score (nSPS) is 20.4. The van der Waals surface area contributed by atoms with Crippen molar-refractivity contribution in [2.75, 3.05) is 0 Å². The SMILES string of the molecule is NC(c1cc(Br)cs1)C1(C(=O)O)CC1. The highest BCUT2D eigenvalue weighted by molar-refractivity contribution is 9.10. The summed E-state index contributed by atoms with van der Waals surface area (Å²) < 4.78 is 0.967. The van der Waals surface area contributed by atoms with Gasteiger partial charge in [-0.3, -0.25) is 4.79 Å². The molecule has 1 heterocycles. The third-order valence-electron chi connectivity index (χ3n) is 2.70. The van der Waals surface area contributed by atoms with Gasteiger partial charge in [0.25, 0.3) is 0 Å². The van der Waals surface area contributed by atoms with Crippen LogP contribution in [0.5, 0.6) is 0 Å². The Labute approximate surface area is 94.1 Å². The molecule has 0 aliphatic heterocycles. The molecule has 1 aromatic rings. The first kappa shape index (κ1) is 10.1. The van der Waals surface area contributed by atoms with Crippen LogP contribution in [0.1, 0.15) is 23.8 Å². The van der Waals surface area contributed by atoms with Gasteiger partial charge in [-0.2, -0.15) is 0 Å². The molecule has 1 aliphatic carbocycles. The van der Waals surface area contributed by atoms with Crippen LogP contribution in [0, 0.1) is 5.41 Å². The van der Waals surface area contributed by atoms with Gasteiger partial charge >= 0.3 is 5.97 Å². The number of carboxylic acid groups (broad SMARTS) is 1. The topological polar surface area (TPSA) is 63.3 Å². The zero-order valence-corrected chi connectivity index (χ0v) is 9.77. The number of halogens is 1. The molecule has 3 nitrogen and oxygen atoms in total. The second-order valence-corrected chi connectivity index (χ2v) is 5.46. The number of aliphatic carboxylic acids is 1. The third kappa shape index (κ3) is 1.49. The smallest absolute Gasteiger partial charge is 0.311 e. The molecular formula is C9H10BrNO2S. The van der Waals surface area contributed by atoms with E-state index in [0.29, 0.717) is 12.8 Å². The predicted molar refractivity (Wildman–Crippen MR) is 58.3 cm³/mol. The Kier molecular flexibility index (Phi) is 2.41. The molecule has 3 N–H and O–H groups in total. The van der Waals surface area contributed by atoms with Crippen molar-refractivity contribution in [3.63, 3.8) is 0 Å². The lowest BCUT2D eigenvalue weighted by molar-refractivity contribution is -0.144. The molecule has 0 spiro atoms. The molecule has 0 radical (unpaired) electrons. The maximum absolute atomic E-state index is 11.0. The molecule has 1 unspecified atom stereocenters. The summed E-state index contributed by atoms with van der Waals surface area (Å²) in [6.07, 6.45) is 1.39. The molecule has 1 fully saturated rings. The van der Waals surface area contributed by atoms with E-state index in [-0.39, 0.29) is 6.04 Å². The molecule has 5 heteroatoms. The van der Waals surface area contributed by atoms with Gasteiger partial charge in [0.1, 0.15) is 0 Å². The zero-order chi connectivity index (χ0) is 10.3. The van der Waals surface area contributed by atoms with Crippen molar-refractivity contribution in [2.45, 2.75) is 18.9 Å². The second-order valence-electron chi connectivity index (χ2n) is 3.61. The lowest BCUT2D eigenvalue weighted by Crippen LogP contribution is -2.29. The van der Waals surface area contributed by atoms with Gasteiger partial charge in [-0.15, -0.1) is 11.3 Å². The van der Waals surface area contributed by atoms with E-state index in [4.69, 9.17) is 10.8 Å². The number of hydrogen-bond donors (Lipinski definition) is 2. The Morgan fingerprint density at radius 3 is 2.71 bits per heavy atom. The number of carbonyl (C=O) groups is 1. The lowest BCUT2D eigenvalue weighted by Gasteiger charge is -2.17. The first-order valence-electron chi connectivity index (χ1n) is 4.29. The van der Waals surface area contributed by atoms with Gasteiger partial charge in [0.2, 0.25) is 0 Å². The molecule has 0 saturated heterocycles. The third-order valence-corrected chi connectivity index (χ3v) is 4.48. The van der Waals surface area contributed by atoms with Crippen LogP contribution in [0.4, 0.5) is 0 Å². The molecule has 1 saturated carbocycles. The van der Waals surface area contributed by atoms with Crippen LogP contribution < -0.4 is 5.73 Å². The summed E-state index contributed by atoms with van der Waals surface area (Å²) in [5.74, 6) is -0.769. The second kappa shape index (κ2) is 3.32. The summed E-state index contributed by atoms with van der Waals surface area (Å²) >= 11 is 4.84. The predicted octanol–water partition coefficient (Wildman–Crippen LogP) is 2.38. The summed E-state index contributed by atoms with van der Waals surface area (Å²) in [6, 6.07) is 1.54. The highest BCUT2D eigenvalue weighted by Crippen LogP contribution is 2.54. The molecule has 1 aliphatic rings. The van der Waals surface area contributed by atoms with Crippen LogP contribution >= 0.6 is 27.3 Å². The van der Waals surface area contributed by atoms with Gasteiger partial charge < -0.3 is 10.8 Å². The molecule has 0 bridgehead atoms. The number of carboxylic acids is 1. The number of nitrogens with two attached hydrogens (primary N) is 1. The molecule has 0 aromatic carbocycles. The molecule has 1 atom stereocenters. The van der Waals surface area contributed by atoms with Crippen LogP contribution in [0.15, 0.2) is 15.9 Å². The number of rotatable bonds is 3. The van der Waals surface area contributed by atoms with Crippen molar-refractivity contribution in [3.8, 4) is 0 Å². The van der Waals surface area contributed by atoms with E-state index in [1.807, 2.05) is 11.4 Å². The summed E-state index contributed by atoms with van der Waals surface area (Å²) in [7, 11) is 0. The molecule has 2 rings (SSSR count). The highest BCUT2D eigenvalue weighted by Gasteiger charge is 2.55. The lowest BCUT2D eigenvalue weighted by atomic mass is 9.96. The monoisotopic (exact) mass is 275 g/mol. The van der Waals surface area contributed by atoms with Crippen molar-refractivity contribution >= 4 is 33.2 Å². The van der Waals surface area contributed by atoms with Crippen molar-refractivity contribution < 1.29 is 9.90 Å². The average molecular weight is 276 g/mol. The van der Waals surface area contributed by atoms with Crippen molar-refractivity contribution in [2.24, 2.45) is 11.1 Å². The first-order valence-corrected chi connectivity index (χ1v) is 5.96. The van der Waals surface area contributed by atoms with Gasteiger partial charge in [0.05, 0.1) is 11.5 Å². The maximum Gasteiger partial charge on any atom is 0.311 e. The highest BCUT2D eigenvalue weighted by atomic mass is 79.9. The summed E-state index contributed by atoms with van der Waals surface area (Å²) in [5.41, 5.74) is 5.27. The van der Waals surface area contributed by atoms with Gasteiger partial charge in [-0.05, 0) is 34.8 Å². The minimum absolute atomic E-state index is 0.365. The Balaban J connectivity index is 2.24. The molecular weight excluding hydrogens is 266 g/mol. The van der Waals surface area contributed by atoms with E-state index in [2.05, 4.69) is 15.9 Å². The van der Waals surface area contributed by atoms with Crippen LogP contribution in [-0.2, 0) is 4.79 Å². The largest absolute Gasteiger partial charge is 0.481 e. The minimum Gasteiger partial charge on any atom is -0.481 e. The van der Waals surface area contributed by atoms with E-state index in [1.165, 1.54) is 11.3 Å². The fraction of sp³-hybridized carbons (Fsp3) is 0.444. The van der Waals surface area contributed by atoms with E-state index in [0.717, 1.165) is 9.35 Å². The van der Waals surface area contributed by atoms with Crippen LogP contribution in [0.2, 0.25) is 0 Å². The minimum atomic E-state index is -0.769. The standard InChI is InChI=1S/C9H10BrNO2S/c10-5-3-6(14-4-5)7(11)9(1-2-9)8(12)13/h3-4,7H,1-2,11H2,(H,12,13). The van der Waals surface area contributed by atoms with E-state index in [1.54, 1.807) is 0 Å². The van der Waals surface area contributed by atoms with Crippen LogP contribution in [-0.4, -0.2) is 11.1 Å². The van der Waals surface area contributed by atoms with Gasteiger partial charge in [0, 0.05) is 14.7 Å². The van der Waals surface area contributed by atoms with Gasteiger partial charge in [0.15, 0.2) is 0 Å². The molecule has 1 aromatic heterocycles. The van der Waals surface area contributed by atoms with Crippen molar-refractivity contribution in [1.82, 2.24) is 0 Å². The summed E-state index contributed by atoms with van der Waals surface area (Å²) in [6.45, 7) is 0. The Morgan fingerprint density at radius 2 is 2.36 bits per heavy atom. The molecule has 14 heavy (non-hydrogen) atoms. The van der Waals surface area contributed by atoms with Crippen molar-refractivity contribution in [3.05, 3.63) is 20.8 Å². The first-order chi connectivity index (χ1) is 6.56. The summed E-state index contributed by atoms with van der Waals surface area (Å²) in [4.78, 5) is 12.0. The fourth-order valence-corrected chi connectivity index (χ4v) is 3.12. The quantitative estimate of drug-likeness (QED) is 0.890. The molecule has 76 valence electrons. The van der Waals surface area contributed by atoms with Crippen molar-refractivity contribution in [1.29, 1.82) is 0 Å². The fourth-order valence-electron chi connectivity index (χ4n) is 1.56. The van der Waals surface area contributed by atoms with E-state index in [9.17, 15) is 4.79 Å². The van der Waals surface area contributed by atoms with Gasteiger partial charge in [-0.1, -0.05) is 0 Å². The Bertz CT molecular complexity index is 373. The van der Waals surface area contributed by atoms with Crippen LogP contribution in [0.25, 0.3) is 0 Å². The van der Waals surface area contributed by atoms with E-state index < -0.39 is 11.4 Å². The average Bonchev–Trinajstić information content (AvgIpc) is 2.84. The number of thiophene rings is 1. The maximum atomic E-state index is 11.0.